The number of phenols is 1. The Kier molecular flexibility index (Phi) is 5.76. The molecule has 34 heavy (non-hydrogen) atoms. The van der Waals surface area contributed by atoms with Gasteiger partial charge in [0.15, 0.2) is 0 Å². The van der Waals surface area contributed by atoms with Crippen molar-refractivity contribution in [3.8, 4) is 17.0 Å². The molecule has 5 heterocycles. The molecular weight excluding hydrogens is 428 g/mol. The van der Waals surface area contributed by atoms with Crippen LogP contribution in [0.5, 0.6) is 5.75 Å². The number of phenolic OH excluding ortho intramolecular Hbond substituents is 1. The van der Waals surface area contributed by atoms with Crippen molar-refractivity contribution in [1.82, 2.24) is 19.9 Å². The highest BCUT2D eigenvalue weighted by Crippen LogP contribution is 2.40. The molecule has 3 aliphatic heterocycles. The number of likely N-dealkylation sites (tertiary alicyclic amines) is 1. The van der Waals surface area contributed by atoms with Crippen LogP contribution in [-0.4, -0.2) is 70.9 Å². The van der Waals surface area contributed by atoms with Gasteiger partial charge in [-0.3, -0.25) is 9.88 Å². The minimum absolute atomic E-state index is 0.341. The van der Waals surface area contributed by atoms with E-state index >= 15 is 0 Å². The number of anilines is 3. The minimum atomic E-state index is 0.341. The van der Waals surface area contributed by atoms with Crippen molar-refractivity contribution in [2.24, 2.45) is 0 Å². The number of aromatic nitrogens is 3. The maximum absolute atomic E-state index is 10.9. The zero-order valence-corrected chi connectivity index (χ0v) is 19.4. The molecule has 0 amide bonds. The van der Waals surface area contributed by atoms with Crippen molar-refractivity contribution in [1.29, 1.82) is 0 Å². The molecule has 176 valence electrons. The second kappa shape index (κ2) is 9.19. The Morgan fingerprint density at radius 1 is 0.912 bits per heavy atom. The number of fused-ring (bicyclic) bond motifs is 1. The Labute approximate surface area is 199 Å². The van der Waals surface area contributed by atoms with E-state index in [0.717, 1.165) is 85.5 Å². The van der Waals surface area contributed by atoms with Gasteiger partial charge in [-0.05, 0) is 50.6 Å². The maximum atomic E-state index is 10.9. The number of morpholine rings is 1. The Morgan fingerprint density at radius 3 is 2.47 bits per heavy atom. The normalized spacial score (nSPS) is 18.5. The molecule has 0 atom stereocenters. The van der Waals surface area contributed by atoms with Crippen LogP contribution in [0, 0.1) is 0 Å². The van der Waals surface area contributed by atoms with E-state index in [4.69, 9.17) is 14.7 Å². The van der Waals surface area contributed by atoms with Crippen LogP contribution in [-0.2, 0) is 17.7 Å². The molecule has 2 aromatic heterocycles. The van der Waals surface area contributed by atoms with Crippen LogP contribution in [0.25, 0.3) is 11.3 Å². The zero-order chi connectivity index (χ0) is 22.9. The SMILES string of the molecule is Oc1cc(-c2nc(N3CCOCC3)nc3c2CCN3c2ccncc2)ccc1CN1CCCC1. The standard InChI is InChI=1S/C26H30N6O2/c33-23-17-19(3-4-20(23)18-30-10-1-2-11-30)24-22-7-12-32(21-5-8-27-9-6-21)25(22)29-26(28-24)31-13-15-34-16-14-31/h3-6,8-9,17,33H,1-2,7,10-16,18H2. The molecule has 3 aromatic rings. The molecular formula is C26H30N6O2. The van der Waals surface area contributed by atoms with Crippen molar-refractivity contribution < 1.29 is 9.84 Å². The van der Waals surface area contributed by atoms with Crippen LogP contribution in [0.1, 0.15) is 24.0 Å². The van der Waals surface area contributed by atoms with E-state index in [1.807, 2.05) is 30.6 Å². The summed E-state index contributed by atoms with van der Waals surface area (Å²) in [5, 5.41) is 10.9. The number of hydrogen-bond acceptors (Lipinski definition) is 8. The summed E-state index contributed by atoms with van der Waals surface area (Å²) < 4.78 is 5.55. The van der Waals surface area contributed by atoms with Gasteiger partial charge in [0, 0.05) is 61.0 Å². The van der Waals surface area contributed by atoms with Crippen LogP contribution < -0.4 is 9.80 Å². The fourth-order valence-electron chi connectivity index (χ4n) is 5.19. The van der Waals surface area contributed by atoms with Crippen molar-refractivity contribution >= 4 is 17.5 Å². The number of aromatic hydroxyl groups is 1. The molecule has 0 unspecified atom stereocenters. The molecule has 8 heteroatoms. The van der Waals surface area contributed by atoms with Crippen LogP contribution in [0.2, 0.25) is 0 Å². The van der Waals surface area contributed by atoms with Gasteiger partial charge < -0.3 is 19.6 Å². The largest absolute Gasteiger partial charge is 0.508 e. The summed E-state index contributed by atoms with van der Waals surface area (Å²) in [6.07, 6.45) is 6.96. The predicted octanol–water partition coefficient (Wildman–Crippen LogP) is 3.37. The van der Waals surface area contributed by atoms with E-state index in [9.17, 15) is 5.11 Å². The van der Waals surface area contributed by atoms with E-state index < -0.39 is 0 Å². The number of benzene rings is 1. The second-order valence-electron chi connectivity index (χ2n) is 9.21. The number of ether oxygens (including phenoxy) is 1. The first-order valence-corrected chi connectivity index (χ1v) is 12.2. The monoisotopic (exact) mass is 458 g/mol. The van der Waals surface area contributed by atoms with E-state index in [1.165, 1.54) is 12.8 Å². The molecule has 0 radical (unpaired) electrons. The van der Waals surface area contributed by atoms with Gasteiger partial charge in [-0.25, -0.2) is 4.98 Å². The lowest BCUT2D eigenvalue weighted by Crippen LogP contribution is -2.37. The van der Waals surface area contributed by atoms with Crippen LogP contribution >= 0.6 is 0 Å². The number of rotatable bonds is 5. The van der Waals surface area contributed by atoms with Crippen molar-refractivity contribution in [2.45, 2.75) is 25.8 Å². The molecule has 8 nitrogen and oxygen atoms in total. The molecule has 1 aromatic carbocycles. The predicted molar refractivity (Wildman–Crippen MR) is 132 cm³/mol. The first kappa shape index (κ1) is 21.3. The van der Waals surface area contributed by atoms with Crippen molar-refractivity contribution in [3.05, 3.63) is 53.9 Å². The molecule has 3 aliphatic rings. The summed E-state index contributed by atoms with van der Waals surface area (Å²) in [5.74, 6) is 2.01. The smallest absolute Gasteiger partial charge is 0.228 e. The maximum Gasteiger partial charge on any atom is 0.228 e. The van der Waals surface area contributed by atoms with Gasteiger partial charge in [-0.15, -0.1) is 0 Å². The number of hydrogen-bond donors (Lipinski definition) is 1. The third-order valence-corrected chi connectivity index (χ3v) is 7.03. The lowest BCUT2D eigenvalue weighted by atomic mass is 10.0. The number of pyridine rings is 1. The first-order valence-electron chi connectivity index (χ1n) is 12.2. The molecule has 2 saturated heterocycles. The highest BCUT2D eigenvalue weighted by molar-refractivity contribution is 5.77. The molecule has 6 rings (SSSR count). The molecule has 0 bridgehead atoms. The molecule has 0 aliphatic carbocycles. The molecule has 0 saturated carbocycles. The third kappa shape index (κ3) is 4.08. The molecule has 0 spiro atoms. The van der Waals surface area contributed by atoms with Crippen LogP contribution in [0.15, 0.2) is 42.7 Å². The summed E-state index contributed by atoms with van der Waals surface area (Å²) in [6, 6.07) is 10.1. The van der Waals surface area contributed by atoms with Gasteiger partial charge in [0.05, 0.1) is 18.9 Å². The van der Waals surface area contributed by atoms with Crippen molar-refractivity contribution in [2.75, 3.05) is 55.7 Å². The lowest BCUT2D eigenvalue weighted by Gasteiger charge is -2.28. The summed E-state index contributed by atoms with van der Waals surface area (Å²) in [5.41, 5.74) is 5.03. The molecule has 1 N–H and O–H groups in total. The summed E-state index contributed by atoms with van der Waals surface area (Å²) in [7, 11) is 0. The second-order valence-corrected chi connectivity index (χ2v) is 9.21. The first-order chi connectivity index (χ1) is 16.8. The Bertz CT molecular complexity index is 1160. The molecule has 2 fully saturated rings. The summed E-state index contributed by atoms with van der Waals surface area (Å²) >= 11 is 0. The fraction of sp³-hybridized carbons (Fsp3) is 0.423. The minimum Gasteiger partial charge on any atom is -0.508 e. The highest BCUT2D eigenvalue weighted by Gasteiger charge is 2.29. The summed E-state index contributed by atoms with van der Waals surface area (Å²) in [6.45, 7) is 6.74. The van der Waals surface area contributed by atoms with E-state index in [1.54, 1.807) is 0 Å². The van der Waals surface area contributed by atoms with Gasteiger partial charge in [-0.2, -0.15) is 4.98 Å². The lowest BCUT2D eigenvalue weighted by molar-refractivity contribution is 0.122. The zero-order valence-electron chi connectivity index (χ0n) is 19.4. The quantitative estimate of drug-likeness (QED) is 0.624. The Hall–Kier alpha value is -3.23. The third-order valence-electron chi connectivity index (χ3n) is 7.03. The Morgan fingerprint density at radius 2 is 1.71 bits per heavy atom. The summed E-state index contributed by atoms with van der Waals surface area (Å²) in [4.78, 5) is 21.1. The van der Waals surface area contributed by atoms with E-state index in [0.29, 0.717) is 19.0 Å². The average molecular weight is 459 g/mol. The topological polar surface area (TPSA) is 77.9 Å². The van der Waals surface area contributed by atoms with Crippen LogP contribution in [0.3, 0.4) is 0 Å². The Balaban J connectivity index is 1.40. The van der Waals surface area contributed by atoms with E-state index in [2.05, 4.69) is 31.8 Å². The fourth-order valence-corrected chi connectivity index (χ4v) is 5.19. The van der Waals surface area contributed by atoms with Crippen molar-refractivity contribution in [3.63, 3.8) is 0 Å². The van der Waals surface area contributed by atoms with Gasteiger partial charge in [0.25, 0.3) is 0 Å². The van der Waals surface area contributed by atoms with Gasteiger partial charge in [0.1, 0.15) is 11.6 Å². The van der Waals surface area contributed by atoms with Gasteiger partial charge >= 0.3 is 0 Å². The van der Waals surface area contributed by atoms with Gasteiger partial charge in [-0.1, -0.05) is 12.1 Å². The van der Waals surface area contributed by atoms with Gasteiger partial charge in [0.2, 0.25) is 5.95 Å². The average Bonchev–Trinajstić information content (AvgIpc) is 3.56. The van der Waals surface area contributed by atoms with E-state index in [-0.39, 0.29) is 0 Å². The number of nitrogens with zero attached hydrogens (tertiary/aromatic N) is 6. The highest BCUT2D eigenvalue weighted by atomic mass is 16.5. The van der Waals surface area contributed by atoms with Crippen LogP contribution in [0.4, 0.5) is 17.5 Å².